The first-order valence-electron chi connectivity index (χ1n) is 9.10. The number of carbonyl (C=O) groups excluding carboxylic acids is 1. The highest BCUT2D eigenvalue weighted by molar-refractivity contribution is 6.65. The second-order valence-electron chi connectivity index (χ2n) is 8.95. The van der Waals surface area contributed by atoms with Crippen LogP contribution in [0.25, 0.3) is 10.9 Å². The van der Waals surface area contributed by atoms with Crippen LogP contribution in [0.15, 0.2) is 18.3 Å². The number of nitriles is 1. The number of hydrogen-bond donors (Lipinski definition) is 0. The van der Waals surface area contributed by atoms with Gasteiger partial charge in [0.05, 0.1) is 27.3 Å². The van der Waals surface area contributed by atoms with Crippen LogP contribution in [-0.4, -0.2) is 34.6 Å². The smallest absolute Gasteiger partial charge is 0.443 e. The summed E-state index contributed by atoms with van der Waals surface area (Å²) in [7, 11) is -0.691. The summed E-state index contributed by atoms with van der Waals surface area (Å²) in [4.78, 5) is 12.8. The molecule has 28 heavy (non-hydrogen) atoms. The molecule has 6 nitrogen and oxygen atoms in total. The first kappa shape index (κ1) is 20.7. The Labute approximate surface area is 170 Å². The van der Waals surface area contributed by atoms with Gasteiger partial charge < -0.3 is 14.0 Å². The Kier molecular flexibility index (Phi) is 4.82. The first-order chi connectivity index (χ1) is 12.8. The Bertz CT molecular complexity index is 982. The van der Waals surface area contributed by atoms with Crippen LogP contribution in [0.1, 0.15) is 54.0 Å². The molecule has 0 spiro atoms. The molecular formula is C20H24BClN2O4. The molecule has 1 saturated heterocycles. The summed E-state index contributed by atoms with van der Waals surface area (Å²) in [6.07, 6.45) is 1.01. The quantitative estimate of drug-likeness (QED) is 0.667. The van der Waals surface area contributed by atoms with Crippen LogP contribution in [0.5, 0.6) is 0 Å². The predicted molar refractivity (Wildman–Crippen MR) is 109 cm³/mol. The van der Waals surface area contributed by atoms with Gasteiger partial charge in [-0.3, -0.25) is 4.57 Å². The fourth-order valence-electron chi connectivity index (χ4n) is 3.04. The molecule has 2 aromatic rings. The van der Waals surface area contributed by atoms with Crippen molar-refractivity contribution in [2.24, 2.45) is 0 Å². The van der Waals surface area contributed by atoms with Crippen molar-refractivity contribution < 1.29 is 18.8 Å². The Balaban J connectivity index is 2.21. The molecule has 0 radical (unpaired) electrons. The van der Waals surface area contributed by atoms with Gasteiger partial charge in [-0.2, -0.15) is 5.26 Å². The Morgan fingerprint density at radius 3 is 2.29 bits per heavy atom. The lowest BCUT2D eigenvalue weighted by Crippen LogP contribution is -2.41. The number of halogens is 1. The Hall–Kier alpha value is -2.01. The van der Waals surface area contributed by atoms with Gasteiger partial charge in [0, 0.05) is 17.0 Å². The zero-order chi connectivity index (χ0) is 21.1. The van der Waals surface area contributed by atoms with Gasteiger partial charge in [0.15, 0.2) is 0 Å². The van der Waals surface area contributed by atoms with Gasteiger partial charge >= 0.3 is 13.2 Å². The number of nitrogens with zero attached hydrogens (tertiary/aromatic N) is 2. The van der Waals surface area contributed by atoms with Crippen LogP contribution in [0.4, 0.5) is 4.79 Å². The molecule has 0 saturated carbocycles. The first-order valence-corrected chi connectivity index (χ1v) is 9.48. The van der Waals surface area contributed by atoms with Crippen molar-refractivity contribution in [1.29, 1.82) is 5.26 Å². The molecule has 1 aromatic heterocycles. The SMILES string of the molecule is CC(C)(C)OC(=O)n1cc(B2OC(C)(C)C(C)(C)O2)c2ccc(Cl)c(C#N)c21. The average molecular weight is 403 g/mol. The highest BCUT2D eigenvalue weighted by atomic mass is 35.5. The third-order valence-electron chi connectivity index (χ3n) is 5.16. The molecule has 0 aliphatic carbocycles. The van der Waals surface area contributed by atoms with Crippen LogP contribution < -0.4 is 5.46 Å². The average Bonchev–Trinajstić information content (AvgIpc) is 3.00. The molecule has 0 bridgehead atoms. The number of fused-ring (bicyclic) bond motifs is 1. The predicted octanol–water partition coefficient (Wildman–Crippen LogP) is 4.25. The summed E-state index contributed by atoms with van der Waals surface area (Å²) in [5, 5.41) is 10.6. The van der Waals surface area contributed by atoms with E-state index < -0.39 is 30.0 Å². The molecule has 0 amide bonds. The number of benzene rings is 1. The Morgan fingerprint density at radius 2 is 1.79 bits per heavy atom. The van der Waals surface area contributed by atoms with E-state index in [1.807, 2.05) is 27.7 Å². The van der Waals surface area contributed by atoms with Crippen molar-refractivity contribution in [2.45, 2.75) is 65.3 Å². The maximum Gasteiger partial charge on any atom is 0.497 e. The van der Waals surface area contributed by atoms with E-state index in [1.165, 1.54) is 4.57 Å². The Morgan fingerprint density at radius 1 is 1.21 bits per heavy atom. The molecule has 1 fully saturated rings. The summed E-state index contributed by atoms with van der Waals surface area (Å²) in [6, 6.07) is 5.49. The van der Waals surface area contributed by atoms with Gasteiger partial charge in [-0.15, -0.1) is 0 Å². The zero-order valence-corrected chi connectivity index (χ0v) is 18.0. The number of rotatable bonds is 1. The van der Waals surface area contributed by atoms with Crippen molar-refractivity contribution in [1.82, 2.24) is 4.57 Å². The van der Waals surface area contributed by atoms with Crippen molar-refractivity contribution in [3.8, 4) is 6.07 Å². The second-order valence-corrected chi connectivity index (χ2v) is 9.36. The molecule has 1 aliphatic rings. The number of carbonyl (C=O) groups is 1. The molecule has 0 N–H and O–H groups in total. The molecule has 3 rings (SSSR count). The minimum absolute atomic E-state index is 0.202. The lowest BCUT2D eigenvalue weighted by molar-refractivity contribution is 0.00578. The summed E-state index contributed by atoms with van der Waals surface area (Å²) in [5.74, 6) is 0. The minimum atomic E-state index is -0.691. The van der Waals surface area contributed by atoms with E-state index in [1.54, 1.807) is 39.1 Å². The van der Waals surface area contributed by atoms with E-state index in [4.69, 9.17) is 25.6 Å². The minimum Gasteiger partial charge on any atom is -0.443 e. The normalized spacial score (nSPS) is 18.3. The summed E-state index contributed by atoms with van der Waals surface area (Å²) in [6.45, 7) is 13.2. The van der Waals surface area contributed by atoms with Crippen molar-refractivity contribution >= 4 is 41.2 Å². The lowest BCUT2D eigenvalue weighted by Gasteiger charge is -2.32. The maximum atomic E-state index is 12.8. The van der Waals surface area contributed by atoms with Crippen molar-refractivity contribution in [3.63, 3.8) is 0 Å². The highest BCUT2D eigenvalue weighted by Crippen LogP contribution is 2.37. The largest absolute Gasteiger partial charge is 0.497 e. The standard InChI is InChI=1S/C20H24BClN2O4/c1-18(2,3)26-17(25)24-11-14(21-27-19(4,5)20(6,7)28-21)12-8-9-15(22)13(10-23)16(12)24/h8-9,11H,1-7H3. The van der Waals surface area contributed by atoms with Gasteiger partial charge in [-0.25, -0.2) is 4.79 Å². The number of ether oxygens (including phenoxy) is 1. The van der Waals surface area contributed by atoms with Gasteiger partial charge in [-0.05, 0) is 54.5 Å². The molecule has 8 heteroatoms. The lowest BCUT2D eigenvalue weighted by atomic mass is 9.79. The summed E-state index contributed by atoms with van der Waals surface area (Å²) in [5.41, 5.74) is -0.538. The summed E-state index contributed by atoms with van der Waals surface area (Å²) < 4.78 is 19.1. The number of aromatic nitrogens is 1. The zero-order valence-electron chi connectivity index (χ0n) is 17.2. The molecule has 0 unspecified atom stereocenters. The van der Waals surface area contributed by atoms with E-state index >= 15 is 0 Å². The van der Waals surface area contributed by atoms with E-state index in [2.05, 4.69) is 6.07 Å². The van der Waals surface area contributed by atoms with E-state index in [-0.39, 0.29) is 10.6 Å². The van der Waals surface area contributed by atoms with Crippen molar-refractivity contribution in [3.05, 3.63) is 28.9 Å². The fourth-order valence-corrected chi connectivity index (χ4v) is 3.24. The highest BCUT2D eigenvalue weighted by Gasteiger charge is 2.52. The van der Waals surface area contributed by atoms with Gasteiger partial charge in [0.1, 0.15) is 11.7 Å². The van der Waals surface area contributed by atoms with E-state index in [9.17, 15) is 10.1 Å². The molecule has 1 aromatic carbocycles. The monoisotopic (exact) mass is 402 g/mol. The van der Waals surface area contributed by atoms with E-state index in [0.717, 1.165) is 0 Å². The van der Waals surface area contributed by atoms with Gasteiger partial charge in [0.2, 0.25) is 0 Å². The van der Waals surface area contributed by atoms with Crippen LogP contribution in [-0.2, 0) is 14.0 Å². The third kappa shape index (κ3) is 3.41. The van der Waals surface area contributed by atoms with Crippen LogP contribution in [0.2, 0.25) is 5.02 Å². The van der Waals surface area contributed by atoms with Crippen molar-refractivity contribution in [2.75, 3.05) is 0 Å². The van der Waals surface area contributed by atoms with E-state index in [0.29, 0.717) is 16.4 Å². The van der Waals surface area contributed by atoms with Crippen LogP contribution in [0.3, 0.4) is 0 Å². The topological polar surface area (TPSA) is 73.5 Å². The molecule has 2 heterocycles. The number of hydrogen-bond acceptors (Lipinski definition) is 5. The summed E-state index contributed by atoms with van der Waals surface area (Å²) >= 11 is 6.22. The van der Waals surface area contributed by atoms with Gasteiger partial charge in [0.25, 0.3) is 0 Å². The molecule has 0 atom stereocenters. The third-order valence-corrected chi connectivity index (χ3v) is 5.47. The fraction of sp³-hybridized carbons (Fsp3) is 0.500. The van der Waals surface area contributed by atoms with Gasteiger partial charge in [-0.1, -0.05) is 17.7 Å². The molecule has 1 aliphatic heterocycles. The molecular weight excluding hydrogens is 378 g/mol. The van der Waals surface area contributed by atoms with Crippen LogP contribution >= 0.6 is 11.6 Å². The maximum absolute atomic E-state index is 12.8. The second kappa shape index (κ2) is 6.52. The molecule has 148 valence electrons. The van der Waals surface area contributed by atoms with Crippen LogP contribution in [0, 0.1) is 11.3 Å².